The molecule has 0 aliphatic heterocycles. The zero-order valence-corrected chi connectivity index (χ0v) is 10.8. The average Bonchev–Trinajstić information content (AvgIpc) is 2.78. The average molecular weight is 244 g/mol. The Hall–Kier alpha value is -0.0800. The van der Waals surface area contributed by atoms with Gasteiger partial charge in [0, 0.05) is 11.3 Å². The maximum absolute atomic E-state index is 5.77. The molecule has 1 fully saturated rings. The van der Waals surface area contributed by atoms with Gasteiger partial charge in [-0.25, -0.2) is 4.98 Å². The molecule has 0 N–H and O–H groups in total. The van der Waals surface area contributed by atoms with Gasteiger partial charge in [-0.1, -0.05) is 13.3 Å². The number of rotatable bonds is 3. The largest absolute Gasteiger partial charge is 0.245 e. The predicted octanol–water partition coefficient (Wildman–Crippen LogP) is 4.57. The van der Waals surface area contributed by atoms with Crippen LogP contribution in [-0.4, -0.2) is 4.98 Å². The summed E-state index contributed by atoms with van der Waals surface area (Å²) in [7, 11) is 0. The van der Waals surface area contributed by atoms with Crippen LogP contribution in [0, 0.1) is 5.92 Å². The van der Waals surface area contributed by atoms with Gasteiger partial charge in [0.15, 0.2) is 0 Å². The molecule has 1 saturated carbocycles. The number of hydrogen-bond donors (Lipinski definition) is 0. The molecule has 0 spiro atoms. The van der Waals surface area contributed by atoms with E-state index < -0.39 is 0 Å². The summed E-state index contributed by atoms with van der Waals surface area (Å²) in [6, 6.07) is 0. The van der Waals surface area contributed by atoms with Crippen molar-refractivity contribution in [2.75, 3.05) is 0 Å². The molecule has 0 atom stereocenters. The second kappa shape index (κ2) is 5.31. The SMILES string of the molecule is CCC1CCC(c2nc(CCl)cs2)CC1. The topological polar surface area (TPSA) is 12.9 Å². The van der Waals surface area contributed by atoms with E-state index in [0.717, 1.165) is 17.5 Å². The summed E-state index contributed by atoms with van der Waals surface area (Å²) >= 11 is 7.56. The van der Waals surface area contributed by atoms with Gasteiger partial charge in [0.2, 0.25) is 0 Å². The number of hydrogen-bond acceptors (Lipinski definition) is 2. The summed E-state index contributed by atoms with van der Waals surface area (Å²) in [6.07, 6.45) is 6.77. The standard InChI is InChI=1S/C12H18ClNS/c1-2-9-3-5-10(6-4-9)12-14-11(7-13)8-15-12/h8-10H,2-7H2,1H3. The molecule has 0 amide bonds. The van der Waals surface area contributed by atoms with Crippen molar-refractivity contribution >= 4 is 22.9 Å². The molecule has 15 heavy (non-hydrogen) atoms. The van der Waals surface area contributed by atoms with Gasteiger partial charge >= 0.3 is 0 Å². The highest BCUT2D eigenvalue weighted by Crippen LogP contribution is 2.38. The molecule has 0 radical (unpaired) electrons. The summed E-state index contributed by atoms with van der Waals surface area (Å²) < 4.78 is 0. The van der Waals surface area contributed by atoms with Crippen LogP contribution in [0.2, 0.25) is 0 Å². The Morgan fingerprint density at radius 1 is 1.40 bits per heavy atom. The third-order valence-electron chi connectivity index (χ3n) is 3.48. The molecule has 0 aromatic carbocycles. The van der Waals surface area contributed by atoms with E-state index in [0.29, 0.717) is 5.88 Å². The van der Waals surface area contributed by atoms with Crippen molar-refractivity contribution in [2.45, 2.75) is 50.8 Å². The van der Waals surface area contributed by atoms with E-state index in [9.17, 15) is 0 Å². The van der Waals surface area contributed by atoms with Crippen LogP contribution in [0.4, 0.5) is 0 Å². The second-order valence-electron chi connectivity index (χ2n) is 4.44. The molecule has 1 heterocycles. The Morgan fingerprint density at radius 3 is 2.67 bits per heavy atom. The summed E-state index contributed by atoms with van der Waals surface area (Å²) in [5.41, 5.74) is 1.05. The van der Waals surface area contributed by atoms with E-state index in [-0.39, 0.29) is 0 Å². The van der Waals surface area contributed by atoms with E-state index in [4.69, 9.17) is 11.6 Å². The molecule has 3 heteroatoms. The highest BCUT2D eigenvalue weighted by molar-refractivity contribution is 7.09. The lowest BCUT2D eigenvalue weighted by atomic mass is 9.81. The molecule has 1 aliphatic carbocycles. The van der Waals surface area contributed by atoms with Crippen molar-refractivity contribution in [3.8, 4) is 0 Å². The van der Waals surface area contributed by atoms with E-state index in [2.05, 4.69) is 17.3 Å². The zero-order valence-electron chi connectivity index (χ0n) is 9.21. The van der Waals surface area contributed by atoms with Gasteiger partial charge in [-0.2, -0.15) is 0 Å². The van der Waals surface area contributed by atoms with E-state index >= 15 is 0 Å². The van der Waals surface area contributed by atoms with Crippen LogP contribution in [0.15, 0.2) is 5.38 Å². The quantitative estimate of drug-likeness (QED) is 0.709. The van der Waals surface area contributed by atoms with Gasteiger partial charge in [-0.05, 0) is 31.6 Å². The van der Waals surface area contributed by atoms with Crippen molar-refractivity contribution in [3.63, 3.8) is 0 Å². The summed E-state index contributed by atoms with van der Waals surface area (Å²) in [5, 5.41) is 3.43. The normalized spacial score (nSPS) is 26.8. The Kier molecular flexibility index (Phi) is 4.04. The lowest BCUT2D eigenvalue weighted by Gasteiger charge is -2.26. The maximum atomic E-state index is 5.77. The summed E-state index contributed by atoms with van der Waals surface area (Å²) in [6.45, 7) is 2.31. The molecule has 0 bridgehead atoms. The fourth-order valence-corrected chi connectivity index (χ4v) is 3.61. The zero-order chi connectivity index (χ0) is 10.7. The highest BCUT2D eigenvalue weighted by Gasteiger charge is 2.23. The van der Waals surface area contributed by atoms with E-state index in [1.165, 1.54) is 37.1 Å². The third kappa shape index (κ3) is 2.73. The molecule has 84 valence electrons. The molecule has 2 rings (SSSR count). The second-order valence-corrected chi connectivity index (χ2v) is 5.59. The first kappa shape index (κ1) is 11.4. The number of nitrogens with zero attached hydrogens (tertiary/aromatic N) is 1. The number of aromatic nitrogens is 1. The van der Waals surface area contributed by atoms with Crippen molar-refractivity contribution < 1.29 is 0 Å². The van der Waals surface area contributed by atoms with Gasteiger partial charge in [-0.3, -0.25) is 0 Å². The first-order valence-electron chi connectivity index (χ1n) is 5.83. The minimum atomic E-state index is 0.556. The van der Waals surface area contributed by atoms with Crippen LogP contribution in [0.3, 0.4) is 0 Å². The number of thiazole rings is 1. The fraction of sp³-hybridized carbons (Fsp3) is 0.750. The number of halogens is 1. The molecule has 1 aliphatic rings. The van der Waals surface area contributed by atoms with Crippen molar-refractivity contribution in [3.05, 3.63) is 16.1 Å². The monoisotopic (exact) mass is 243 g/mol. The van der Waals surface area contributed by atoms with Gasteiger partial charge in [0.05, 0.1) is 16.6 Å². The lowest BCUT2D eigenvalue weighted by molar-refractivity contribution is 0.318. The molecule has 1 aromatic heterocycles. The third-order valence-corrected chi connectivity index (χ3v) is 4.81. The molecule has 0 unspecified atom stereocenters. The molecular formula is C12H18ClNS. The van der Waals surface area contributed by atoms with Crippen LogP contribution in [0.5, 0.6) is 0 Å². The predicted molar refractivity (Wildman–Crippen MR) is 66.7 cm³/mol. The van der Waals surface area contributed by atoms with Crippen LogP contribution >= 0.6 is 22.9 Å². The maximum Gasteiger partial charge on any atom is 0.0959 e. The fourth-order valence-electron chi connectivity index (χ4n) is 2.39. The Morgan fingerprint density at radius 2 is 2.13 bits per heavy atom. The van der Waals surface area contributed by atoms with Crippen LogP contribution in [0.1, 0.15) is 55.6 Å². The molecular weight excluding hydrogens is 226 g/mol. The summed E-state index contributed by atoms with van der Waals surface area (Å²) in [4.78, 5) is 4.59. The first-order valence-corrected chi connectivity index (χ1v) is 7.25. The Bertz CT molecular complexity index is 302. The van der Waals surface area contributed by atoms with Crippen molar-refractivity contribution in [1.29, 1.82) is 0 Å². The van der Waals surface area contributed by atoms with Crippen molar-refractivity contribution in [2.24, 2.45) is 5.92 Å². The van der Waals surface area contributed by atoms with E-state index in [1.54, 1.807) is 11.3 Å². The van der Waals surface area contributed by atoms with Gasteiger partial charge in [0.1, 0.15) is 0 Å². The van der Waals surface area contributed by atoms with Crippen LogP contribution < -0.4 is 0 Å². The van der Waals surface area contributed by atoms with Gasteiger partial charge in [-0.15, -0.1) is 22.9 Å². The van der Waals surface area contributed by atoms with Gasteiger partial charge < -0.3 is 0 Å². The van der Waals surface area contributed by atoms with Gasteiger partial charge in [0.25, 0.3) is 0 Å². The molecule has 1 nitrogen and oxygen atoms in total. The first-order chi connectivity index (χ1) is 7.33. The Labute approximate surface area is 101 Å². The van der Waals surface area contributed by atoms with Crippen molar-refractivity contribution in [1.82, 2.24) is 4.98 Å². The lowest BCUT2D eigenvalue weighted by Crippen LogP contribution is -2.12. The Balaban J connectivity index is 1.95. The van der Waals surface area contributed by atoms with E-state index in [1.807, 2.05) is 0 Å². The number of alkyl halides is 1. The minimum Gasteiger partial charge on any atom is -0.245 e. The summed E-state index contributed by atoms with van der Waals surface area (Å²) in [5.74, 6) is 2.24. The molecule has 0 saturated heterocycles. The smallest absolute Gasteiger partial charge is 0.0959 e. The highest BCUT2D eigenvalue weighted by atomic mass is 35.5. The van der Waals surface area contributed by atoms with Crippen LogP contribution in [0.25, 0.3) is 0 Å². The van der Waals surface area contributed by atoms with Crippen LogP contribution in [-0.2, 0) is 5.88 Å². The molecule has 1 aromatic rings. The minimum absolute atomic E-state index is 0.556.